The van der Waals surface area contributed by atoms with Crippen molar-refractivity contribution in [2.45, 2.75) is 19.1 Å². The van der Waals surface area contributed by atoms with E-state index in [1.807, 2.05) is 6.92 Å². The summed E-state index contributed by atoms with van der Waals surface area (Å²) in [5, 5.41) is 4.07. The van der Waals surface area contributed by atoms with E-state index >= 15 is 0 Å². The molecule has 0 radical (unpaired) electrons. The number of amides is 1. The average molecular weight is 326 g/mol. The van der Waals surface area contributed by atoms with Gasteiger partial charge in [0.2, 0.25) is 5.88 Å². The lowest BCUT2D eigenvalue weighted by atomic mass is 10.2. The summed E-state index contributed by atoms with van der Waals surface area (Å²) in [5.74, 6) is -0.816. The lowest BCUT2D eigenvalue weighted by Crippen LogP contribution is -2.43. The van der Waals surface area contributed by atoms with E-state index in [1.165, 1.54) is 17.2 Å². The van der Waals surface area contributed by atoms with Gasteiger partial charge in [-0.25, -0.2) is 0 Å². The molecule has 2 aromatic rings. The molecule has 1 atom stereocenters. The number of halogens is 3. The molecule has 1 amide bonds. The Hall–Kier alpha value is -2.58. The lowest BCUT2D eigenvalue weighted by Gasteiger charge is -2.31. The van der Waals surface area contributed by atoms with Crippen molar-refractivity contribution in [1.29, 1.82) is 0 Å². The fraction of sp³-hybridized carbons (Fsp3) is 0.357. The highest BCUT2D eigenvalue weighted by molar-refractivity contribution is 6.05. The van der Waals surface area contributed by atoms with E-state index in [9.17, 15) is 18.0 Å². The van der Waals surface area contributed by atoms with Crippen LogP contribution in [0.4, 0.5) is 19.0 Å². The number of nitrogens with zero attached hydrogens (tertiary/aromatic N) is 4. The van der Waals surface area contributed by atoms with E-state index in [2.05, 4.69) is 10.1 Å². The highest BCUT2D eigenvalue weighted by atomic mass is 19.4. The number of fused-ring (bicyclic) bond motifs is 1. The van der Waals surface area contributed by atoms with E-state index in [-0.39, 0.29) is 24.3 Å². The molecule has 0 spiro atoms. The summed E-state index contributed by atoms with van der Waals surface area (Å²) >= 11 is 0. The Morgan fingerprint density at radius 1 is 1.30 bits per heavy atom. The van der Waals surface area contributed by atoms with E-state index < -0.39 is 17.6 Å². The monoisotopic (exact) mass is 326 g/mol. The van der Waals surface area contributed by atoms with Crippen molar-refractivity contribution in [3.8, 4) is 5.88 Å². The number of ether oxygens (including phenoxy) is 1. The van der Waals surface area contributed by atoms with Gasteiger partial charge in [0.25, 0.3) is 5.91 Å². The molecule has 0 saturated carbocycles. The summed E-state index contributed by atoms with van der Waals surface area (Å²) in [5.41, 5.74) is -0.615. The molecule has 2 aromatic heterocycles. The molecule has 0 N–H and O–H groups in total. The first-order chi connectivity index (χ1) is 10.8. The average Bonchev–Trinajstić information content (AvgIpc) is 2.99. The van der Waals surface area contributed by atoms with Gasteiger partial charge >= 0.3 is 6.18 Å². The van der Waals surface area contributed by atoms with Crippen molar-refractivity contribution in [3.63, 3.8) is 0 Å². The van der Waals surface area contributed by atoms with Crippen molar-refractivity contribution in [2.75, 3.05) is 18.6 Å². The van der Waals surface area contributed by atoms with Gasteiger partial charge in [0.1, 0.15) is 17.1 Å². The number of carbonyl (C=O) groups is 1. The van der Waals surface area contributed by atoms with Crippen molar-refractivity contribution in [1.82, 2.24) is 14.8 Å². The Kier molecular flexibility index (Phi) is 3.50. The zero-order valence-corrected chi connectivity index (χ0v) is 12.3. The van der Waals surface area contributed by atoms with Crippen LogP contribution in [0.5, 0.6) is 5.88 Å². The Labute approximate surface area is 129 Å². The number of hydrogen-bond donors (Lipinski definition) is 0. The largest absolute Gasteiger partial charge is 0.481 e. The number of pyridine rings is 1. The summed E-state index contributed by atoms with van der Waals surface area (Å²) in [6, 6.07) is 3.48. The van der Waals surface area contributed by atoms with Gasteiger partial charge in [-0.15, -0.1) is 0 Å². The van der Waals surface area contributed by atoms with E-state index in [0.29, 0.717) is 5.69 Å². The maximum absolute atomic E-state index is 12.9. The van der Waals surface area contributed by atoms with Crippen molar-refractivity contribution in [3.05, 3.63) is 35.7 Å². The number of alkyl halides is 3. The van der Waals surface area contributed by atoms with Crippen LogP contribution in [0.1, 0.15) is 29.0 Å². The van der Waals surface area contributed by atoms with Crippen LogP contribution in [0.2, 0.25) is 0 Å². The molecule has 6 nitrogen and oxygen atoms in total. The number of anilines is 1. The summed E-state index contributed by atoms with van der Waals surface area (Å²) in [6.07, 6.45) is -3.07. The van der Waals surface area contributed by atoms with E-state index in [4.69, 9.17) is 4.74 Å². The van der Waals surface area contributed by atoms with Crippen LogP contribution < -0.4 is 9.64 Å². The molecule has 0 aliphatic carbocycles. The quantitative estimate of drug-likeness (QED) is 0.851. The molecule has 23 heavy (non-hydrogen) atoms. The van der Waals surface area contributed by atoms with Gasteiger partial charge in [-0.3, -0.25) is 14.4 Å². The third-order valence-corrected chi connectivity index (χ3v) is 3.62. The van der Waals surface area contributed by atoms with Gasteiger partial charge < -0.3 is 4.74 Å². The van der Waals surface area contributed by atoms with Gasteiger partial charge in [-0.05, 0) is 25.1 Å². The predicted molar refractivity (Wildman–Crippen MR) is 74.4 cm³/mol. The number of aromatic nitrogens is 3. The van der Waals surface area contributed by atoms with Crippen molar-refractivity contribution < 1.29 is 22.7 Å². The SMILES string of the molecule is COc1nc(N2C[C@H](C)n3nccc3C2=O)ccc1C(F)(F)F. The smallest absolute Gasteiger partial charge is 0.421 e. The second-order valence-corrected chi connectivity index (χ2v) is 5.15. The molecule has 0 fully saturated rings. The Morgan fingerprint density at radius 3 is 2.70 bits per heavy atom. The number of rotatable bonds is 2. The molecule has 122 valence electrons. The zero-order valence-electron chi connectivity index (χ0n) is 12.3. The standard InChI is InChI=1S/C14H13F3N4O2/c1-8-7-20(13(22)10-5-6-18-21(8)10)11-4-3-9(14(15,16)17)12(19-11)23-2/h3-6,8H,7H2,1-2H3/t8-/m0/s1. The number of carbonyl (C=O) groups excluding carboxylic acids is 1. The van der Waals surface area contributed by atoms with Crippen LogP contribution in [0.15, 0.2) is 24.4 Å². The Balaban J connectivity index is 2.02. The third kappa shape index (κ3) is 2.51. The van der Waals surface area contributed by atoms with Crippen LogP contribution in [-0.2, 0) is 6.18 Å². The van der Waals surface area contributed by atoms with Crippen LogP contribution >= 0.6 is 0 Å². The van der Waals surface area contributed by atoms with Crippen LogP contribution in [0.3, 0.4) is 0 Å². The second kappa shape index (κ2) is 5.25. The predicted octanol–water partition coefficient (Wildman–Crippen LogP) is 2.53. The van der Waals surface area contributed by atoms with Crippen LogP contribution in [0, 0.1) is 0 Å². The molecule has 1 aliphatic heterocycles. The maximum Gasteiger partial charge on any atom is 0.421 e. The molecule has 3 heterocycles. The second-order valence-electron chi connectivity index (χ2n) is 5.15. The fourth-order valence-electron chi connectivity index (χ4n) is 2.55. The zero-order chi connectivity index (χ0) is 16.8. The van der Waals surface area contributed by atoms with E-state index in [0.717, 1.165) is 13.2 Å². The van der Waals surface area contributed by atoms with Gasteiger partial charge in [0.15, 0.2) is 0 Å². The lowest BCUT2D eigenvalue weighted by molar-refractivity contribution is -0.139. The topological polar surface area (TPSA) is 60.2 Å². The molecule has 0 saturated heterocycles. The minimum atomic E-state index is -4.57. The highest BCUT2D eigenvalue weighted by Gasteiger charge is 2.37. The van der Waals surface area contributed by atoms with Crippen molar-refractivity contribution >= 4 is 11.7 Å². The molecule has 0 bridgehead atoms. The first-order valence-electron chi connectivity index (χ1n) is 6.80. The Morgan fingerprint density at radius 2 is 2.04 bits per heavy atom. The minimum Gasteiger partial charge on any atom is -0.481 e. The van der Waals surface area contributed by atoms with Crippen LogP contribution in [0.25, 0.3) is 0 Å². The normalized spacial score (nSPS) is 18.0. The molecular formula is C14H13F3N4O2. The number of methoxy groups -OCH3 is 1. The first kappa shape index (κ1) is 15.3. The minimum absolute atomic E-state index is 0.110. The molecule has 0 unspecified atom stereocenters. The van der Waals surface area contributed by atoms with Gasteiger partial charge in [-0.1, -0.05) is 0 Å². The molecular weight excluding hydrogens is 313 g/mol. The third-order valence-electron chi connectivity index (χ3n) is 3.62. The van der Waals surface area contributed by atoms with E-state index in [1.54, 1.807) is 10.7 Å². The highest BCUT2D eigenvalue weighted by Crippen LogP contribution is 2.36. The summed E-state index contributed by atoms with van der Waals surface area (Å²) < 4.78 is 45.0. The van der Waals surface area contributed by atoms with Gasteiger partial charge in [-0.2, -0.15) is 23.3 Å². The molecule has 1 aliphatic rings. The summed E-state index contributed by atoms with van der Waals surface area (Å²) in [4.78, 5) is 17.6. The van der Waals surface area contributed by atoms with Gasteiger partial charge in [0, 0.05) is 12.7 Å². The maximum atomic E-state index is 12.9. The first-order valence-corrected chi connectivity index (χ1v) is 6.80. The molecule has 9 heteroatoms. The van der Waals surface area contributed by atoms with Crippen molar-refractivity contribution in [2.24, 2.45) is 0 Å². The fourth-order valence-corrected chi connectivity index (χ4v) is 2.55. The number of hydrogen-bond acceptors (Lipinski definition) is 4. The summed E-state index contributed by atoms with van der Waals surface area (Å²) in [6.45, 7) is 2.12. The molecule has 0 aromatic carbocycles. The Bertz CT molecular complexity index is 757. The van der Waals surface area contributed by atoms with Crippen LogP contribution in [-0.4, -0.2) is 34.3 Å². The summed E-state index contributed by atoms with van der Waals surface area (Å²) in [7, 11) is 1.11. The molecule has 3 rings (SSSR count). The van der Waals surface area contributed by atoms with Gasteiger partial charge in [0.05, 0.1) is 13.2 Å².